The minimum atomic E-state index is 0.0526. The Bertz CT molecular complexity index is 1050. The van der Waals surface area contributed by atoms with Crippen LogP contribution in [-0.2, 0) is 4.79 Å². The minimum absolute atomic E-state index is 0.0526. The Labute approximate surface area is 170 Å². The van der Waals surface area contributed by atoms with Gasteiger partial charge in [0, 0.05) is 30.2 Å². The number of nitrogen functional groups attached to an aromatic ring is 1. The predicted octanol–water partition coefficient (Wildman–Crippen LogP) is 3.16. The number of nitrogens with two attached hydrogens (primary N) is 1. The van der Waals surface area contributed by atoms with Crippen molar-refractivity contribution in [2.45, 2.75) is 26.7 Å². The summed E-state index contributed by atoms with van der Waals surface area (Å²) in [6.07, 6.45) is 7.22. The number of carbonyl (C=O) groups is 1. The number of hydrogen-bond donors (Lipinski definition) is 3. The lowest BCUT2D eigenvalue weighted by molar-refractivity contribution is -0.118. The molecule has 1 spiro atoms. The maximum atomic E-state index is 12.7. The summed E-state index contributed by atoms with van der Waals surface area (Å²) >= 11 is 0. The predicted molar refractivity (Wildman–Crippen MR) is 118 cm³/mol. The van der Waals surface area contributed by atoms with E-state index in [1.807, 2.05) is 32.1 Å². The molecule has 7 heteroatoms. The molecule has 1 amide bonds. The number of carbonyl (C=O) groups excluding carboxylic acids is 1. The standard InChI is InChI=1S/C22H26N6O/c1-13(4-6-24-3)14(2)18-8-15-9-19(26-11-16(15)20(23)27-18)28-21(29)17-10-22(17)5-7-25-12-22/h4,6,8-9,11,17,25H,3,5,7,10,12H2,1-2H3,(H2,23,27)(H,26,28,29)/b6-4-,14-13+/t17-,22+/m1/s1. The van der Waals surface area contributed by atoms with Crippen LogP contribution in [0.5, 0.6) is 0 Å². The molecule has 2 aromatic heterocycles. The van der Waals surface area contributed by atoms with E-state index in [4.69, 9.17) is 5.73 Å². The molecule has 1 saturated heterocycles. The number of allylic oxidation sites excluding steroid dienone is 3. The normalized spacial score (nSPS) is 24.1. The Hall–Kier alpha value is -3.06. The zero-order chi connectivity index (χ0) is 20.6. The average molecular weight is 390 g/mol. The minimum Gasteiger partial charge on any atom is -0.383 e. The molecule has 29 heavy (non-hydrogen) atoms. The summed E-state index contributed by atoms with van der Waals surface area (Å²) in [5.74, 6) is 1.09. The largest absolute Gasteiger partial charge is 0.383 e. The maximum Gasteiger partial charge on any atom is 0.229 e. The van der Waals surface area contributed by atoms with Crippen molar-refractivity contribution in [3.63, 3.8) is 0 Å². The fraction of sp³-hybridized carbons (Fsp3) is 0.364. The fourth-order valence-electron chi connectivity index (χ4n) is 4.09. The summed E-state index contributed by atoms with van der Waals surface area (Å²) in [6.45, 7) is 9.36. The third kappa shape index (κ3) is 3.65. The summed E-state index contributed by atoms with van der Waals surface area (Å²) in [5.41, 5.74) is 9.13. The van der Waals surface area contributed by atoms with Gasteiger partial charge in [-0.1, -0.05) is 0 Å². The first kappa shape index (κ1) is 19.3. The Morgan fingerprint density at radius 2 is 2.28 bits per heavy atom. The van der Waals surface area contributed by atoms with E-state index in [2.05, 4.69) is 32.3 Å². The molecule has 2 atom stereocenters. The summed E-state index contributed by atoms with van der Waals surface area (Å²) < 4.78 is 0. The second-order valence-electron chi connectivity index (χ2n) is 8.02. The van der Waals surface area contributed by atoms with E-state index < -0.39 is 0 Å². The van der Waals surface area contributed by atoms with Gasteiger partial charge in [-0.15, -0.1) is 0 Å². The first-order valence-electron chi connectivity index (χ1n) is 9.81. The fourth-order valence-corrected chi connectivity index (χ4v) is 4.09. The molecular formula is C22H26N6O. The second kappa shape index (κ2) is 7.40. The Morgan fingerprint density at radius 3 is 3.00 bits per heavy atom. The topological polar surface area (TPSA) is 105 Å². The summed E-state index contributed by atoms with van der Waals surface area (Å²) in [6, 6.07) is 3.83. The van der Waals surface area contributed by atoms with E-state index in [0.29, 0.717) is 11.6 Å². The van der Waals surface area contributed by atoms with Crippen LogP contribution in [0.25, 0.3) is 16.3 Å². The number of fused-ring (bicyclic) bond motifs is 1. The molecular weight excluding hydrogens is 364 g/mol. The monoisotopic (exact) mass is 390 g/mol. The average Bonchev–Trinajstić information content (AvgIpc) is 3.21. The highest BCUT2D eigenvalue weighted by molar-refractivity contribution is 5.98. The van der Waals surface area contributed by atoms with Crippen LogP contribution in [0.4, 0.5) is 11.6 Å². The molecule has 4 rings (SSSR count). The van der Waals surface area contributed by atoms with Gasteiger partial charge in [-0.3, -0.25) is 9.79 Å². The lowest BCUT2D eigenvalue weighted by atomic mass is 10.0. The number of pyridine rings is 2. The van der Waals surface area contributed by atoms with E-state index in [0.717, 1.165) is 53.5 Å². The van der Waals surface area contributed by atoms with E-state index in [1.54, 1.807) is 12.4 Å². The molecule has 0 unspecified atom stereocenters. The number of nitrogens with zero attached hydrogens (tertiary/aromatic N) is 3. The van der Waals surface area contributed by atoms with Crippen molar-refractivity contribution in [1.82, 2.24) is 15.3 Å². The number of amides is 1. The van der Waals surface area contributed by atoms with Crippen LogP contribution in [0.2, 0.25) is 0 Å². The van der Waals surface area contributed by atoms with Crippen LogP contribution >= 0.6 is 0 Å². The molecule has 0 aromatic carbocycles. The number of aliphatic imine (C=N–C) groups is 1. The Kier molecular flexibility index (Phi) is 4.92. The van der Waals surface area contributed by atoms with Gasteiger partial charge in [-0.25, -0.2) is 9.97 Å². The quantitative estimate of drug-likeness (QED) is 0.537. The molecule has 3 heterocycles. The molecule has 2 aromatic rings. The number of anilines is 2. The van der Waals surface area contributed by atoms with Crippen LogP contribution in [0, 0.1) is 11.3 Å². The number of nitrogens with one attached hydrogen (secondary N) is 2. The van der Waals surface area contributed by atoms with Gasteiger partial charge in [-0.2, -0.15) is 0 Å². The Balaban J connectivity index is 1.60. The maximum absolute atomic E-state index is 12.7. The third-order valence-electron chi connectivity index (χ3n) is 6.18. The smallest absolute Gasteiger partial charge is 0.229 e. The molecule has 2 aliphatic rings. The van der Waals surface area contributed by atoms with Crippen LogP contribution < -0.4 is 16.4 Å². The van der Waals surface area contributed by atoms with Crippen molar-refractivity contribution in [2.75, 3.05) is 24.1 Å². The zero-order valence-electron chi connectivity index (χ0n) is 16.8. The molecule has 0 bridgehead atoms. The number of hydrogen-bond acceptors (Lipinski definition) is 6. The van der Waals surface area contributed by atoms with Gasteiger partial charge in [0.2, 0.25) is 5.91 Å². The van der Waals surface area contributed by atoms with Gasteiger partial charge in [0.05, 0.1) is 5.69 Å². The molecule has 1 saturated carbocycles. The highest BCUT2D eigenvalue weighted by Gasteiger charge is 2.58. The molecule has 7 nitrogen and oxygen atoms in total. The van der Waals surface area contributed by atoms with E-state index in [9.17, 15) is 4.79 Å². The SMILES string of the molecule is C=N/C=C\C(C)=C(/C)c1cc2cc(NC(=O)[C@H]3C[C@]34CCNC4)ncc2c(N)n1. The molecule has 1 aliphatic carbocycles. The first-order chi connectivity index (χ1) is 13.9. The van der Waals surface area contributed by atoms with Gasteiger partial charge >= 0.3 is 0 Å². The highest BCUT2D eigenvalue weighted by Crippen LogP contribution is 2.56. The lowest BCUT2D eigenvalue weighted by Gasteiger charge is -2.11. The van der Waals surface area contributed by atoms with E-state index in [1.165, 1.54) is 0 Å². The lowest BCUT2D eigenvalue weighted by Crippen LogP contribution is -2.20. The molecule has 150 valence electrons. The van der Waals surface area contributed by atoms with Gasteiger partial charge < -0.3 is 16.4 Å². The summed E-state index contributed by atoms with van der Waals surface area (Å²) in [4.78, 5) is 25.3. The zero-order valence-corrected chi connectivity index (χ0v) is 16.8. The molecule has 4 N–H and O–H groups in total. The van der Waals surface area contributed by atoms with E-state index in [-0.39, 0.29) is 17.2 Å². The molecule has 0 radical (unpaired) electrons. The molecule has 2 fully saturated rings. The number of rotatable bonds is 5. The van der Waals surface area contributed by atoms with Crippen molar-refractivity contribution < 1.29 is 4.79 Å². The Morgan fingerprint density at radius 1 is 1.45 bits per heavy atom. The molecule has 1 aliphatic heterocycles. The van der Waals surface area contributed by atoms with Gasteiger partial charge in [-0.05, 0) is 80.1 Å². The van der Waals surface area contributed by atoms with Crippen molar-refractivity contribution >= 4 is 40.6 Å². The van der Waals surface area contributed by atoms with Gasteiger partial charge in [0.25, 0.3) is 0 Å². The highest BCUT2D eigenvalue weighted by atomic mass is 16.2. The van der Waals surface area contributed by atoms with Gasteiger partial charge in [0.15, 0.2) is 0 Å². The summed E-state index contributed by atoms with van der Waals surface area (Å²) in [5, 5.41) is 8.00. The summed E-state index contributed by atoms with van der Waals surface area (Å²) in [7, 11) is 0. The van der Waals surface area contributed by atoms with Crippen LogP contribution in [-0.4, -0.2) is 35.7 Å². The first-order valence-corrected chi connectivity index (χ1v) is 9.81. The van der Waals surface area contributed by atoms with E-state index >= 15 is 0 Å². The van der Waals surface area contributed by atoms with Crippen molar-refractivity contribution in [2.24, 2.45) is 16.3 Å². The third-order valence-corrected chi connectivity index (χ3v) is 6.18. The van der Waals surface area contributed by atoms with Crippen molar-refractivity contribution in [1.29, 1.82) is 0 Å². The van der Waals surface area contributed by atoms with Crippen LogP contribution in [0.3, 0.4) is 0 Å². The number of aromatic nitrogens is 2. The second-order valence-corrected chi connectivity index (χ2v) is 8.02. The van der Waals surface area contributed by atoms with Gasteiger partial charge in [0.1, 0.15) is 11.6 Å². The van der Waals surface area contributed by atoms with Crippen LogP contribution in [0.1, 0.15) is 32.4 Å². The van der Waals surface area contributed by atoms with Crippen molar-refractivity contribution in [3.05, 3.63) is 41.9 Å². The van der Waals surface area contributed by atoms with Crippen molar-refractivity contribution in [3.8, 4) is 0 Å². The van der Waals surface area contributed by atoms with Crippen LogP contribution in [0.15, 0.2) is 41.2 Å².